The van der Waals surface area contributed by atoms with Gasteiger partial charge in [0.2, 0.25) is 5.95 Å². The van der Waals surface area contributed by atoms with E-state index in [-0.39, 0.29) is 0 Å². The Morgan fingerprint density at radius 2 is 2.25 bits per heavy atom. The van der Waals surface area contributed by atoms with Crippen LogP contribution in [0.25, 0.3) is 0 Å². The summed E-state index contributed by atoms with van der Waals surface area (Å²) in [5.74, 6) is 0.240. The van der Waals surface area contributed by atoms with Crippen molar-refractivity contribution in [3.63, 3.8) is 0 Å². The number of anilines is 1. The van der Waals surface area contributed by atoms with Crippen molar-refractivity contribution >= 4 is 5.69 Å². The van der Waals surface area contributed by atoms with Gasteiger partial charge in [-0.2, -0.15) is 4.39 Å². The van der Waals surface area contributed by atoms with Crippen molar-refractivity contribution in [2.45, 2.75) is 12.8 Å². The lowest BCUT2D eigenvalue weighted by molar-refractivity contribution is 0.139. The summed E-state index contributed by atoms with van der Waals surface area (Å²) in [6, 6.07) is 3.36. The van der Waals surface area contributed by atoms with E-state index in [1.807, 2.05) is 6.07 Å². The average molecular weight is 224 g/mol. The number of piperidine rings is 1. The van der Waals surface area contributed by atoms with Gasteiger partial charge in [-0.15, -0.1) is 0 Å². The minimum absolute atomic E-state index is 0.406. The Bertz CT molecular complexity index is 338. The summed E-state index contributed by atoms with van der Waals surface area (Å²) >= 11 is 0. The van der Waals surface area contributed by atoms with Gasteiger partial charge in [-0.1, -0.05) is 0 Å². The topological polar surface area (TPSA) is 25.4 Å². The summed E-state index contributed by atoms with van der Waals surface area (Å²) in [7, 11) is 1.74. The summed E-state index contributed by atoms with van der Waals surface area (Å²) in [6.07, 6.45) is 3.74. The Balaban J connectivity index is 1.94. The second kappa shape index (κ2) is 5.25. The van der Waals surface area contributed by atoms with Crippen LogP contribution in [-0.2, 0) is 4.74 Å². The lowest BCUT2D eigenvalue weighted by Crippen LogP contribution is -2.35. The first-order chi connectivity index (χ1) is 7.79. The molecule has 1 fully saturated rings. The third-order valence-corrected chi connectivity index (χ3v) is 3.09. The molecule has 3 nitrogen and oxygen atoms in total. The van der Waals surface area contributed by atoms with Crippen LogP contribution < -0.4 is 4.90 Å². The number of hydrogen-bond donors (Lipinski definition) is 0. The van der Waals surface area contributed by atoms with Crippen molar-refractivity contribution in [3.05, 3.63) is 24.3 Å². The van der Waals surface area contributed by atoms with E-state index in [2.05, 4.69) is 9.88 Å². The van der Waals surface area contributed by atoms with Gasteiger partial charge in [0.25, 0.3) is 0 Å². The van der Waals surface area contributed by atoms with E-state index < -0.39 is 5.95 Å². The maximum Gasteiger partial charge on any atom is 0.214 e. The van der Waals surface area contributed by atoms with Crippen LogP contribution in [-0.4, -0.2) is 31.8 Å². The van der Waals surface area contributed by atoms with Gasteiger partial charge in [0.15, 0.2) is 0 Å². The lowest BCUT2D eigenvalue weighted by Gasteiger charge is -2.33. The van der Waals surface area contributed by atoms with Crippen molar-refractivity contribution in [2.75, 3.05) is 31.7 Å². The first-order valence-corrected chi connectivity index (χ1v) is 5.65. The highest BCUT2D eigenvalue weighted by Crippen LogP contribution is 2.23. The molecule has 88 valence electrons. The lowest BCUT2D eigenvalue weighted by atomic mass is 9.97. The van der Waals surface area contributed by atoms with Crippen LogP contribution in [0.3, 0.4) is 0 Å². The fourth-order valence-electron chi connectivity index (χ4n) is 2.18. The SMILES string of the molecule is COCC1CCN(c2ccnc(F)c2)CC1. The number of aromatic nitrogens is 1. The van der Waals surface area contributed by atoms with Gasteiger partial charge in [0, 0.05) is 44.8 Å². The molecule has 1 aliphatic heterocycles. The van der Waals surface area contributed by atoms with E-state index in [1.165, 1.54) is 12.3 Å². The van der Waals surface area contributed by atoms with Gasteiger partial charge in [0.05, 0.1) is 0 Å². The number of halogens is 1. The number of pyridine rings is 1. The van der Waals surface area contributed by atoms with Crippen LogP contribution in [0, 0.1) is 11.9 Å². The van der Waals surface area contributed by atoms with Gasteiger partial charge >= 0.3 is 0 Å². The normalized spacial score (nSPS) is 17.8. The molecule has 0 N–H and O–H groups in total. The maximum atomic E-state index is 13.0. The molecule has 0 radical (unpaired) electrons. The zero-order valence-corrected chi connectivity index (χ0v) is 9.53. The zero-order valence-electron chi connectivity index (χ0n) is 9.53. The van der Waals surface area contributed by atoms with Crippen LogP contribution in [0.5, 0.6) is 0 Å². The Morgan fingerprint density at radius 3 is 2.88 bits per heavy atom. The van der Waals surface area contributed by atoms with Crippen molar-refractivity contribution in [3.8, 4) is 0 Å². The van der Waals surface area contributed by atoms with Gasteiger partial charge < -0.3 is 9.64 Å². The fourth-order valence-corrected chi connectivity index (χ4v) is 2.18. The molecule has 0 atom stereocenters. The molecular weight excluding hydrogens is 207 g/mol. The summed E-state index contributed by atoms with van der Waals surface area (Å²) in [5, 5.41) is 0. The smallest absolute Gasteiger partial charge is 0.214 e. The van der Waals surface area contributed by atoms with E-state index >= 15 is 0 Å². The van der Waals surface area contributed by atoms with Crippen molar-refractivity contribution in [1.82, 2.24) is 4.98 Å². The van der Waals surface area contributed by atoms with E-state index in [1.54, 1.807) is 7.11 Å². The largest absolute Gasteiger partial charge is 0.384 e. The first kappa shape index (κ1) is 11.3. The molecule has 1 aromatic rings. The van der Waals surface area contributed by atoms with E-state index in [0.717, 1.165) is 38.2 Å². The molecular formula is C12H17FN2O. The maximum absolute atomic E-state index is 13.0. The standard InChI is InChI=1S/C12H17FN2O/c1-16-9-10-3-6-15(7-4-10)11-2-5-14-12(13)8-11/h2,5,8,10H,3-4,6-7,9H2,1H3. The molecule has 1 aliphatic rings. The van der Waals surface area contributed by atoms with Gasteiger partial charge in [-0.3, -0.25) is 0 Å². The molecule has 0 saturated carbocycles. The predicted molar refractivity (Wildman–Crippen MR) is 61.0 cm³/mol. The molecule has 0 bridgehead atoms. The fraction of sp³-hybridized carbons (Fsp3) is 0.583. The number of nitrogens with zero attached hydrogens (tertiary/aromatic N) is 2. The van der Waals surface area contributed by atoms with E-state index in [9.17, 15) is 4.39 Å². The third-order valence-electron chi connectivity index (χ3n) is 3.09. The molecule has 16 heavy (non-hydrogen) atoms. The number of ether oxygens (including phenoxy) is 1. The van der Waals surface area contributed by atoms with Crippen LogP contribution in [0.1, 0.15) is 12.8 Å². The first-order valence-electron chi connectivity index (χ1n) is 5.65. The van der Waals surface area contributed by atoms with Gasteiger partial charge in [0.1, 0.15) is 0 Å². The minimum atomic E-state index is -0.406. The molecule has 1 aromatic heterocycles. The molecule has 2 heterocycles. The molecule has 1 saturated heterocycles. The molecule has 0 aromatic carbocycles. The summed E-state index contributed by atoms with van der Waals surface area (Å²) in [6.45, 7) is 2.77. The highest BCUT2D eigenvalue weighted by molar-refractivity contribution is 5.45. The van der Waals surface area contributed by atoms with E-state index in [4.69, 9.17) is 4.74 Å². The van der Waals surface area contributed by atoms with Crippen LogP contribution in [0.15, 0.2) is 18.3 Å². The average Bonchev–Trinajstić information content (AvgIpc) is 2.30. The number of methoxy groups -OCH3 is 1. The summed E-state index contributed by atoms with van der Waals surface area (Å²) in [4.78, 5) is 5.77. The van der Waals surface area contributed by atoms with Crippen molar-refractivity contribution in [2.24, 2.45) is 5.92 Å². The van der Waals surface area contributed by atoms with Crippen molar-refractivity contribution in [1.29, 1.82) is 0 Å². The van der Waals surface area contributed by atoms with Crippen LogP contribution >= 0.6 is 0 Å². The second-order valence-electron chi connectivity index (χ2n) is 4.22. The number of hydrogen-bond acceptors (Lipinski definition) is 3. The molecule has 4 heteroatoms. The molecule has 0 spiro atoms. The Hall–Kier alpha value is -1.16. The van der Waals surface area contributed by atoms with Gasteiger partial charge in [-0.05, 0) is 24.8 Å². The Morgan fingerprint density at radius 1 is 1.50 bits per heavy atom. The minimum Gasteiger partial charge on any atom is -0.384 e. The zero-order chi connectivity index (χ0) is 11.4. The van der Waals surface area contributed by atoms with Gasteiger partial charge in [-0.25, -0.2) is 4.98 Å². The Labute approximate surface area is 95.2 Å². The quantitative estimate of drug-likeness (QED) is 0.735. The second-order valence-corrected chi connectivity index (χ2v) is 4.22. The monoisotopic (exact) mass is 224 g/mol. The highest BCUT2D eigenvalue weighted by atomic mass is 19.1. The predicted octanol–water partition coefficient (Wildman–Crippen LogP) is 2.08. The third kappa shape index (κ3) is 2.70. The highest BCUT2D eigenvalue weighted by Gasteiger charge is 2.19. The van der Waals surface area contributed by atoms with Crippen LogP contribution in [0.2, 0.25) is 0 Å². The number of rotatable bonds is 3. The van der Waals surface area contributed by atoms with E-state index in [0.29, 0.717) is 5.92 Å². The van der Waals surface area contributed by atoms with Crippen molar-refractivity contribution < 1.29 is 9.13 Å². The summed E-state index contributed by atoms with van der Waals surface area (Å²) in [5.41, 5.74) is 0.934. The molecule has 0 aliphatic carbocycles. The molecule has 0 amide bonds. The van der Waals surface area contributed by atoms with Crippen LogP contribution in [0.4, 0.5) is 10.1 Å². The summed E-state index contributed by atoms with van der Waals surface area (Å²) < 4.78 is 18.1. The molecule has 2 rings (SSSR count). The Kier molecular flexibility index (Phi) is 3.72. The molecule has 0 unspecified atom stereocenters.